The first kappa shape index (κ1) is 13.4. The van der Waals surface area contributed by atoms with E-state index < -0.39 is 22.3 Å². The first-order valence-corrected chi connectivity index (χ1v) is 5.90. The molecule has 1 fully saturated rings. The Morgan fingerprint density at radius 1 is 1.58 bits per heavy atom. The Hall–Kier alpha value is -2.02. The lowest BCUT2D eigenvalue weighted by atomic mass is 10.1. The third kappa shape index (κ3) is 2.55. The number of hydrogen-bond acceptors (Lipinski definition) is 4. The molecule has 19 heavy (non-hydrogen) atoms. The quantitative estimate of drug-likeness (QED) is 0.662. The topological polar surface area (TPSA) is 83.7 Å². The van der Waals surface area contributed by atoms with E-state index in [-0.39, 0.29) is 18.2 Å². The highest BCUT2D eigenvalue weighted by Gasteiger charge is 2.32. The summed E-state index contributed by atoms with van der Waals surface area (Å²) in [7, 11) is 0. The van der Waals surface area contributed by atoms with E-state index in [0.717, 1.165) is 24.6 Å². The van der Waals surface area contributed by atoms with Gasteiger partial charge in [0.05, 0.1) is 23.6 Å². The van der Waals surface area contributed by atoms with E-state index in [0.29, 0.717) is 13.0 Å². The molecule has 7 heteroatoms. The maximum atomic E-state index is 13.0. The second-order valence-electron chi connectivity index (χ2n) is 4.40. The number of carbonyl (C=O) groups excluding carboxylic acids is 1. The lowest BCUT2D eigenvalue weighted by Gasteiger charge is -2.22. The molecule has 1 atom stereocenters. The van der Waals surface area contributed by atoms with Crippen LogP contribution >= 0.6 is 0 Å². The zero-order valence-electron chi connectivity index (χ0n) is 10.1. The van der Waals surface area contributed by atoms with E-state index in [9.17, 15) is 19.3 Å². The SMILES string of the molecule is O=C(c1ccc(F)cc1[N+](=O)[O-])N1CCC[C@@H]1CO. The van der Waals surface area contributed by atoms with Crippen LogP contribution in [0.15, 0.2) is 18.2 Å². The summed E-state index contributed by atoms with van der Waals surface area (Å²) in [5.74, 6) is -1.30. The van der Waals surface area contributed by atoms with Crippen molar-refractivity contribution in [2.24, 2.45) is 0 Å². The number of benzene rings is 1. The Kier molecular flexibility index (Phi) is 3.75. The molecule has 1 N–H and O–H groups in total. The van der Waals surface area contributed by atoms with Crippen LogP contribution in [0.3, 0.4) is 0 Å². The lowest BCUT2D eigenvalue weighted by molar-refractivity contribution is -0.385. The fraction of sp³-hybridized carbons (Fsp3) is 0.417. The summed E-state index contributed by atoms with van der Waals surface area (Å²) in [4.78, 5) is 23.7. The van der Waals surface area contributed by atoms with Crippen molar-refractivity contribution in [2.45, 2.75) is 18.9 Å². The van der Waals surface area contributed by atoms with Crippen molar-refractivity contribution in [3.63, 3.8) is 0 Å². The van der Waals surface area contributed by atoms with Crippen LogP contribution in [0.5, 0.6) is 0 Å². The highest BCUT2D eigenvalue weighted by molar-refractivity contribution is 5.98. The summed E-state index contributed by atoms with van der Waals surface area (Å²) >= 11 is 0. The molecular weight excluding hydrogens is 255 g/mol. The van der Waals surface area contributed by atoms with Crippen LogP contribution in [-0.2, 0) is 0 Å². The molecule has 1 aromatic rings. The monoisotopic (exact) mass is 268 g/mol. The summed E-state index contributed by atoms with van der Waals surface area (Å²) in [5, 5.41) is 20.0. The molecule has 6 nitrogen and oxygen atoms in total. The summed E-state index contributed by atoms with van der Waals surface area (Å²) in [6, 6.07) is 2.54. The number of rotatable bonds is 3. The van der Waals surface area contributed by atoms with Gasteiger partial charge in [0.25, 0.3) is 11.6 Å². The van der Waals surface area contributed by atoms with Crippen molar-refractivity contribution >= 4 is 11.6 Å². The summed E-state index contributed by atoms with van der Waals surface area (Å²) in [5.41, 5.74) is -0.694. The number of aliphatic hydroxyl groups is 1. The third-order valence-corrected chi connectivity index (χ3v) is 3.24. The Morgan fingerprint density at radius 3 is 2.95 bits per heavy atom. The summed E-state index contributed by atoms with van der Waals surface area (Å²) in [6.07, 6.45) is 1.41. The van der Waals surface area contributed by atoms with Crippen LogP contribution in [-0.4, -0.2) is 40.0 Å². The Balaban J connectivity index is 2.36. The molecule has 0 aromatic heterocycles. The molecule has 0 spiro atoms. The third-order valence-electron chi connectivity index (χ3n) is 3.24. The van der Waals surface area contributed by atoms with Crippen LogP contribution in [0.25, 0.3) is 0 Å². The van der Waals surface area contributed by atoms with Gasteiger partial charge < -0.3 is 10.0 Å². The Morgan fingerprint density at radius 2 is 2.32 bits per heavy atom. The molecule has 2 rings (SSSR count). The number of aliphatic hydroxyl groups excluding tert-OH is 1. The molecule has 1 amide bonds. The number of nitro benzene ring substituents is 1. The van der Waals surface area contributed by atoms with Crippen LogP contribution in [0.1, 0.15) is 23.2 Å². The first-order valence-electron chi connectivity index (χ1n) is 5.90. The average molecular weight is 268 g/mol. The number of amides is 1. The van der Waals surface area contributed by atoms with Gasteiger partial charge in [-0.1, -0.05) is 0 Å². The maximum absolute atomic E-state index is 13.0. The van der Waals surface area contributed by atoms with Gasteiger partial charge in [-0.25, -0.2) is 4.39 Å². The predicted molar refractivity (Wildman–Crippen MR) is 64.2 cm³/mol. The molecule has 1 aliphatic heterocycles. The van der Waals surface area contributed by atoms with E-state index in [1.54, 1.807) is 0 Å². The first-order chi connectivity index (χ1) is 9.04. The van der Waals surface area contributed by atoms with E-state index >= 15 is 0 Å². The standard InChI is InChI=1S/C12H13FN2O4/c13-8-3-4-10(11(6-8)15(18)19)12(17)14-5-1-2-9(14)7-16/h3-4,6,9,16H,1-2,5,7H2/t9-/m1/s1. The maximum Gasteiger partial charge on any atom is 0.285 e. The van der Waals surface area contributed by atoms with Gasteiger partial charge in [-0.05, 0) is 25.0 Å². The van der Waals surface area contributed by atoms with Gasteiger partial charge in [0.15, 0.2) is 0 Å². The molecule has 0 unspecified atom stereocenters. The van der Waals surface area contributed by atoms with E-state index in [2.05, 4.69) is 0 Å². The molecule has 0 aliphatic carbocycles. The summed E-state index contributed by atoms with van der Waals surface area (Å²) in [6.45, 7) is 0.263. The molecule has 0 bridgehead atoms. The fourth-order valence-corrected chi connectivity index (χ4v) is 2.28. The number of halogens is 1. The predicted octanol–water partition coefficient (Wildman–Crippen LogP) is 1.33. The number of carbonyl (C=O) groups is 1. The molecule has 1 aromatic carbocycles. The second kappa shape index (κ2) is 5.31. The van der Waals surface area contributed by atoms with Crippen molar-refractivity contribution in [2.75, 3.05) is 13.2 Å². The highest BCUT2D eigenvalue weighted by Crippen LogP contribution is 2.25. The minimum absolute atomic E-state index is 0.147. The molecule has 1 saturated heterocycles. The fourth-order valence-electron chi connectivity index (χ4n) is 2.28. The van der Waals surface area contributed by atoms with Gasteiger partial charge >= 0.3 is 0 Å². The van der Waals surface area contributed by atoms with Gasteiger partial charge in [-0.15, -0.1) is 0 Å². The van der Waals surface area contributed by atoms with E-state index in [1.807, 2.05) is 0 Å². The van der Waals surface area contributed by atoms with Gasteiger partial charge in [-0.2, -0.15) is 0 Å². The number of nitro groups is 1. The van der Waals surface area contributed by atoms with E-state index in [4.69, 9.17) is 5.11 Å². The van der Waals surface area contributed by atoms with E-state index in [1.165, 1.54) is 4.90 Å². The minimum Gasteiger partial charge on any atom is -0.394 e. The number of likely N-dealkylation sites (tertiary alicyclic amines) is 1. The molecule has 0 saturated carbocycles. The van der Waals surface area contributed by atoms with Crippen molar-refractivity contribution in [1.29, 1.82) is 0 Å². The zero-order chi connectivity index (χ0) is 14.0. The van der Waals surface area contributed by atoms with Crippen molar-refractivity contribution in [3.8, 4) is 0 Å². The normalized spacial score (nSPS) is 18.6. The van der Waals surface area contributed by atoms with Crippen LogP contribution in [0.4, 0.5) is 10.1 Å². The Bertz CT molecular complexity index is 520. The van der Waals surface area contributed by atoms with Gasteiger partial charge in [0.1, 0.15) is 11.4 Å². The van der Waals surface area contributed by atoms with Gasteiger partial charge in [0, 0.05) is 6.54 Å². The highest BCUT2D eigenvalue weighted by atomic mass is 19.1. The molecule has 1 heterocycles. The Labute approximate surface area is 108 Å². The molecule has 0 radical (unpaired) electrons. The largest absolute Gasteiger partial charge is 0.394 e. The number of nitrogens with zero attached hydrogens (tertiary/aromatic N) is 2. The molecule has 1 aliphatic rings. The molecular formula is C12H13FN2O4. The van der Waals surface area contributed by atoms with Crippen molar-refractivity contribution < 1.29 is 19.2 Å². The zero-order valence-corrected chi connectivity index (χ0v) is 10.1. The van der Waals surface area contributed by atoms with Gasteiger partial charge in [-0.3, -0.25) is 14.9 Å². The van der Waals surface area contributed by atoms with Crippen LogP contribution in [0.2, 0.25) is 0 Å². The average Bonchev–Trinajstić information content (AvgIpc) is 2.86. The van der Waals surface area contributed by atoms with Crippen LogP contribution in [0, 0.1) is 15.9 Å². The smallest absolute Gasteiger partial charge is 0.285 e. The number of hydrogen-bond donors (Lipinski definition) is 1. The van der Waals surface area contributed by atoms with Crippen LogP contribution < -0.4 is 0 Å². The van der Waals surface area contributed by atoms with Crippen molar-refractivity contribution in [1.82, 2.24) is 4.90 Å². The lowest BCUT2D eigenvalue weighted by Crippen LogP contribution is -2.37. The summed E-state index contributed by atoms with van der Waals surface area (Å²) < 4.78 is 13.0. The van der Waals surface area contributed by atoms with Crippen molar-refractivity contribution in [3.05, 3.63) is 39.7 Å². The second-order valence-corrected chi connectivity index (χ2v) is 4.40. The minimum atomic E-state index is -0.777. The van der Waals surface area contributed by atoms with Gasteiger partial charge in [0.2, 0.25) is 0 Å². The molecule has 102 valence electrons.